The molecule has 2 rings (SSSR count). The minimum atomic E-state index is -0.0621. The van der Waals surface area contributed by atoms with Crippen LogP contribution in [0.5, 0.6) is 5.88 Å². The van der Waals surface area contributed by atoms with E-state index in [2.05, 4.69) is 9.97 Å². The summed E-state index contributed by atoms with van der Waals surface area (Å²) in [6, 6.07) is 3.41. The highest BCUT2D eigenvalue weighted by atomic mass is 16.5. The van der Waals surface area contributed by atoms with E-state index < -0.39 is 0 Å². The molecule has 0 aliphatic carbocycles. The molecule has 88 valence electrons. The standard InChI is InChI=1S/C11H13N5O/c1-16-6-5-14-9(16)7-17-11-8(10(12)13)3-2-4-15-11/h2-6H,7H2,1H3,(H3,12,13). The summed E-state index contributed by atoms with van der Waals surface area (Å²) >= 11 is 0. The van der Waals surface area contributed by atoms with Crippen molar-refractivity contribution in [1.29, 1.82) is 5.41 Å². The second-order valence-corrected chi connectivity index (χ2v) is 3.51. The summed E-state index contributed by atoms with van der Waals surface area (Å²) < 4.78 is 7.37. The van der Waals surface area contributed by atoms with Crippen molar-refractivity contribution in [2.45, 2.75) is 6.61 Å². The van der Waals surface area contributed by atoms with Crippen LogP contribution in [0.15, 0.2) is 30.7 Å². The molecule has 2 aromatic rings. The quantitative estimate of drug-likeness (QED) is 0.598. The van der Waals surface area contributed by atoms with E-state index in [0.717, 1.165) is 5.82 Å². The molecule has 2 aromatic heterocycles. The summed E-state index contributed by atoms with van der Waals surface area (Å²) in [6.45, 7) is 0.292. The third kappa shape index (κ3) is 2.41. The number of imidazole rings is 1. The molecule has 0 bridgehead atoms. The van der Waals surface area contributed by atoms with Crippen LogP contribution < -0.4 is 10.5 Å². The zero-order valence-electron chi connectivity index (χ0n) is 9.42. The first-order valence-electron chi connectivity index (χ1n) is 5.07. The first-order chi connectivity index (χ1) is 8.18. The number of hydrogen-bond acceptors (Lipinski definition) is 4. The number of nitrogen functional groups attached to an aromatic ring is 1. The monoisotopic (exact) mass is 231 g/mol. The molecule has 17 heavy (non-hydrogen) atoms. The Morgan fingerprint density at radius 2 is 2.29 bits per heavy atom. The molecular formula is C11H13N5O. The van der Waals surface area contributed by atoms with Crippen molar-refractivity contribution in [2.75, 3.05) is 0 Å². The maximum Gasteiger partial charge on any atom is 0.224 e. The van der Waals surface area contributed by atoms with Crippen molar-refractivity contribution in [2.24, 2.45) is 12.8 Å². The summed E-state index contributed by atoms with van der Waals surface area (Å²) in [5, 5.41) is 7.41. The van der Waals surface area contributed by atoms with E-state index in [0.29, 0.717) is 18.1 Å². The predicted molar refractivity (Wildman–Crippen MR) is 62.8 cm³/mol. The van der Waals surface area contributed by atoms with E-state index in [1.807, 2.05) is 17.8 Å². The Morgan fingerprint density at radius 3 is 2.94 bits per heavy atom. The molecule has 0 aromatic carbocycles. The van der Waals surface area contributed by atoms with Crippen LogP contribution in [0.4, 0.5) is 0 Å². The summed E-state index contributed by atoms with van der Waals surface area (Å²) in [5.74, 6) is 1.07. The van der Waals surface area contributed by atoms with Crippen molar-refractivity contribution in [3.63, 3.8) is 0 Å². The van der Waals surface area contributed by atoms with Gasteiger partial charge in [0.1, 0.15) is 18.3 Å². The second-order valence-electron chi connectivity index (χ2n) is 3.51. The lowest BCUT2D eigenvalue weighted by atomic mass is 10.2. The highest BCUT2D eigenvalue weighted by Gasteiger charge is 2.08. The van der Waals surface area contributed by atoms with E-state index in [9.17, 15) is 0 Å². The van der Waals surface area contributed by atoms with Crippen LogP contribution in [0, 0.1) is 5.41 Å². The highest BCUT2D eigenvalue weighted by molar-refractivity contribution is 5.96. The Kier molecular flexibility index (Phi) is 3.04. The van der Waals surface area contributed by atoms with Gasteiger partial charge in [-0.05, 0) is 12.1 Å². The van der Waals surface area contributed by atoms with Gasteiger partial charge in [0.15, 0.2) is 0 Å². The van der Waals surface area contributed by atoms with Crippen molar-refractivity contribution in [1.82, 2.24) is 14.5 Å². The van der Waals surface area contributed by atoms with Crippen LogP contribution in [0.2, 0.25) is 0 Å². The smallest absolute Gasteiger partial charge is 0.224 e. The van der Waals surface area contributed by atoms with Crippen LogP contribution in [0.25, 0.3) is 0 Å². The minimum absolute atomic E-state index is 0.0621. The molecule has 0 aliphatic heterocycles. The van der Waals surface area contributed by atoms with Crippen LogP contribution in [0.1, 0.15) is 11.4 Å². The van der Waals surface area contributed by atoms with E-state index in [4.69, 9.17) is 15.9 Å². The lowest BCUT2D eigenvalue weighted by molar-refractivity contribution is 0.280. The number of aryl methyl sites for hydroxylation is 1. The van der Waals surface area contributed by atoms with Crippen molar-refractivity contribution in [3.05, 3.63) is 42.1 Å². The first kappa shape index (κ1) is 11.1. The van der Waals surface area contributed by atoms with Crippen LogP contribution in [0.3, 0.4) is 0 Å². The third-order valence-corrected chi connectivity index (χ3v) is 2.32. The van der Waals surface area contributed by atoms with E-state index in [1.165, 1.54) is 0 Å². The van der Waals surface area contributed by atoms with Gasteiger partial charge in [0, 0.05) is 25.6 Å². The number of pyridine rings is 1. The molecule has 3 N–H and O–H groups in total. The molecule has 0 atom stereocenters. The number of amidine groups is 1. The zero-order valence-corrected chi connectivity index (χ0v) is 9.42. The fraction of sp³-hybridized carbons (Fsp3) is 0.182. The Labute approximate surface area is 98.6 Å². The number of nitrogens with zero attached hydrogens (tertiary/aromatic N) is 3. The predicted octanol–water partition coefficient (Wildman–Crippen LogP) is 0.678. The second kappa shape index (κ2) is 4.65. The molecule has 0 saturated heterocycles. The molecule has 0 unspecified atom stereocenters. The lowest BCUT2D eigenvalue weighted by Crippen LogP contribution is -2.14. The maximum atomic E-state index is 7.41. The topological polar surface area (TPSA) is 89.8 Å². The van der Waals surface area contributed by atoms with Gasteiger partial charge in [0.2, 0.25) is 5.88 Å². The van der Waals surface area contributed by atoms with Gasteiger partial charge in [-0.3, -0.25) is 5.41 Å². The number of hydrogen-bond donors (Lipinski definition) is 2. The molecule has 0 radical (unpaired) electrons. The van der Waals surface area contributed by atoms with E-state index in [1.54, 1.807) is 24.5 Å². The van der Waals surface area contributed by atoms with Crippen molar-refractivity contribution < 1.29 is 4.74 Å². The largest absolute Gasteiger partial charge is 0.469 e. The number of ether oxygens (including phenoxy) is 1. The van der Waals surface area contributed by atoms with Gasteiger partial charge in [-0.15, -0.1) is 0 Å². The number of nitrogens with two attached hydrogens (primary N) is 1. The van der Waals surface area contributed by atoms with Crippen LogP contribution in [-0.4, -0.2) is 20.4 Å². The van der Waals surface area contributed by atoms with Gasteiger partial charge in [-0.25, -0.2) is 9.97 Å². The van der Waals surface area contributed by atoms with Gasteiger partial charge >= 0.3 is 0 Å². The average Bonchev–Trinajstić information content (AvgIpc) is 2.72. The molecule has 2 heterocycles. The maximum absolute atomic E-state index is 7.41. The van der Waals surface area contributed by atoms with E-state index >= 15 is 0 Å². The molecule has 0 fully saturated rings. The van der Waals surface area contributed by atoms with Crippen molar-refractivity contribution >= 4 is 5.84 Å². The highest BCUT2D eigenvalue weighted by Crippen LogP contribution is 2.14. The van der Waals surface area contributed by atoms with Crippen molar-refractivity contribution in [3.8, 4) is 5.88 Å². The van der Waals surface area contributed by atoms with Crippen LogP contribution in [-0.2, 0) is 13.7 Å². The third-order valence-electron chi connectivity index (χ3n) is 2.32. The lowest BCUT2D eigenvalue weighted by Gasteiger charge is -2.08. The van der Waals surface area contributed by atoms with Gasteiger partial charge < -0.3 is 15.0 Å². The fourth-order valence-corrected chi connectivity index (χ4v) is 1.38. The normalized spacial score (nSPS) is 10.2. The number of nitrogens with one attached hydrogen (secondary N) is 1. The zero-order chi connectivity index (χ0) is 12.3. The molecule has 6 nitrogen and oxygen atoms in total. The van der Waals surface area contributed by atoms with Gasteiger partial charge in [-0.2, -0.15) is 0 Å². The molecule has 0 spiro atoms. The summed E-state index contributed by atoms with van der Waals surface area (Å²) in [4.78, 5) is 8.18. The summed E-state index contributed by atoms with van der Waals surface area (Å²) in [7, 11) is 1.88. The fourth-order valence-electron chi connectivity index (χ4n) is 1.38. The Balaban J connectivity index is 2.14. The van der Waals surface area contributed by atoms with Gasteiger partial charge in [0.05, 0.1) is 5.56 Å². The SMILES string of the molecule is Cn1ccnc1COc1ncccc1C(=N)N. The summed E-state index contributed by atoms with van der Waals surface area (Å²) in [6.07, 6.45) is 5.13. The number of aromatic nitrogens is 3. The molecule has 0 saturated carbocycles. The van der Waals surface area contributed by atoms with E-state index in [-0.39, 0.29) is 5.84 Å². The number of rotatable bonds is 4. The van der Waals surface area contributed by atoms with Gasteiger partial charge in [0.25, 0.3) is 0 Å². The Bertz CT molecular complexity index is 534. The van der Waals surface area contributed by atoms with Gasteiger partial charge in [-0.1, -0.05) is 0 Å². The summed E-state index contributed by atoms with van der Waals surface area (Å²) in [5.41, 5.74) is 5.92. The molecular weight excluding hydrogens is 218 g/mol. The average molecular weight is 231 g/mol. The minimum Gasteiger partial charge on any atom is -0.469 e. The molecule has 0 aliphatic rings. The first-order valence-corrected chi connectivity index (χ1v) is 5.07. The Hall–Kier alpha value is -2.37. The molecule has 6 heteroatoms. The molecule has 0 amide bonds. The van der Waals surface area contributed by atoms with Crippen LogP contribution >= 0.6 is 0 Å². The Morgan fingerprint density at radius 1 is 1.47 bits per heavy atom.